The molecule has 0 bridgehead atoms. The number of rotatable bonds is 2. The molecule has 0 rings (SSSR count). The SMILES string of the molecule is C=CC=C(C)C[O]. The van der Waals surface area contributed by atoms with Gasteiger partial charge in [-0.15, -0.1) is 0 Å². The highest BCUT2D eigenvalue weighted by atomic mass is 16.3. The zero-order chi connectivity index (χ0) is 5.70. The van der Waals surface area contributed by atoms with Crippen LogP contribution in [0.5, 0.6) is 0 Å². The zero-order valence-corrected chi connectivity index (χ0v) is 4.48. The predicted molar refractivity (Wildman–Crippen MR) is 29.5 cm³/mol. The topological polar surface area (TPSA) is 19.9 Å². The third-order valence-corrected chi connectivity index (χ3v) is 0.630. The minimum atomic E-state index is -0.119. The van der Waals surface area contributed by atoms with Gasteiger partial charge in [0.25, 0.3) is 0 Å². The van der Waals surface area contributed by atoms with E-state index in [0.29, 0.717) is 0 Å². The van der Waals surface area contributed by atoms with Gasteiger partial charge in [0.1, 0.15) is 6.61 Å². The van der Waals surface area contributed by atoms with Crippen molar-refractivity contribution in [3.63, 3.8) is 0 Å². The van der Waals surface area contributed by atoms with E-state index in [2.05, 4.69) is 6.58 Å². The minimum Gasteiger partial charge on any atom is -0.232 e. The molecule has 0 aromatic rings. The highest BCUT2D eigenvalue weighted by molar-refractivity contribution is 5.07. The van der Waals surface area contributed by atoms with Crippen molar-refractivity contribution in [1.29, 1.82) is 0 Å². The maximum atomic E-state index is 9.90. The van der Waals surface area contributed by atoms with Crippen LogP contribution in [0.3, 0.4) is 0 Å². The summed E-state index contributed by atoms with van der Waals surface area (Å²) in [6.45, 7) is 5.10. The molecule has 39 valence electrons. The third kappa shape index (κ3) is 3.27. The maximum Gasteiger partial charge on any atom is 0.103 e. The highest BCUT2D eigenvalue weighted by Crippen LogP contribution is 1.87. The molecule has 1 heteroatoms. The fraction of sp³-hybridized carbons (Fsp3) is 0.333. The standard InChI is InChI=1S/C6H9O/c1-3-4-6(2)5-7/h3-4H,1,5H2,2H3. The lowest BCUT2D eigenvalue weighted by Gasteiger charge is -1.83. The molecule has 0 spiro atoms. The van der Waals surface area contributed by atoms with E-state index in [0.717, 1.165) is 5.57 Å². The highest BCUT2D eigenvalue weighted by Gasteiger charge is 1.78. The summed E-state index contributed by atoms with van der Waals surface area (Å²) < 4.78 is 0. The Morgan fingerprint density at radius 2 is 2.43 bits per heavy atom. The fourth-order valence-electron chi connectivity index (χ4n) is 0.249. The first kappa shape index (κ1) is 6.44. The van der Waals surface area contributed by atoms with Gasteiger partial charge in [0.2, 0.25) is 0 Å². The summed E-state index contributed by atoms with van der Waals surface area (Å²) in [6, 6.07) is 0. The van der Waals surface area contributed by atoms with Crippen molar-refractivity contribution >= 4 is 0 Å². The van der Waals surface area contributed by atoms with E-state index in [1.54, 1.807) is 19.1 Å². The average Bonchev–Trinajstić information content (AvgIpc) is 1.68. The van der Waals surface area contributed by atoms with Crippen LogP contribution in [0.15, 0.2) is 24.3 Å². The molecule has 0 N–H and O–H groups in total. The van der Waals surface area contributed by atoms with Crippen molar-refractivity contribution in [2.45, 2.75) is 6.92 Å². The van der Waals surface area contributed by atoms with Crippen LogP contribution in [0.25, 0.3) is 0 Å². The van der Waals surface area contributed by atoms with E-state index in [9.17, 15) is 5.11 Å². The first-order valence-corrected chi connectivity index (χ1v) is 2.17. The second-order valence-corrected chi connectivity index (χ2v) is 1.39. The molecule has 0 amide bonds. The van der Waals surface area contributed by atoms with Gasteiger partial charge in [-0.1, -0.05) is 18.7 Å². The molecule has 0 aromatic carbocycles. The monoisotopic (exact) mass is 97.1 g/mol. The summed E-state index contributed by atoms with van der Waals surface area (Å²) in [5.41, 5.74) is 0.829. The van der Waals surface area contributed by atoms with Gasteiger partial charge in [-0.05, 0) is 12.5 Å². The first-order chi connectivity index (χ1) is 3.31. The van der Waals surface area contributed by atoms with Gasteiger partial charge in [-0.3, -0.25) is 0 Å². The number of hydrogen-bond acceptors (Lipinski definition) is 0. The molecule has 1 radical (unpaired) electrons. The van der Waals surface area contributed by atoms with Crippen LogP contribution < -0.4 is 0 Å². The molecule has 0 aromatic heterocycles. The Kier molecular flexibility index (Phi) is 3.33. The lowest BCUT2D eigenvalue weighted by atomic mass is 10.3. The van der Waals surface area contributed by atoms with Crippen molar-refractivity contribution in [2.24, 2.45) is 0 Å². The predicted octanol–water partition coefficient (Wildman–Crippen LogP) is 1.55. The summed E-state index contributed by atoms with van der Waals surface area (Å²) in [6.07, 6.45) is 3.33. The molecule has 0 unspecified atom stereocenters. The summed E-state index contributed by atoms with van der Waals surface area (Å²) in [5.74, 6) is 0. The molecule has 0 aliphatic heterocycles. The lowest BCUT2D eigenvalue weighted by molar-refractivity contribution is 0.223. The molecule has 0 aliphatic rings. The Bertz CT molecular complexity index is 82.2. The largest absolute Gasteiger partial charge is 0.232 e. The van der Waals surface area contributed by atoms with Crippen molar-refractivity contribution in [2.75, 3.05) is 6.61 Å². The molecule has 1 nitrogen and oxygen atoms in total. The lowest BCUT2D eigenvalue weighted by Crippen LogP contribution is -1.77. The van der Waals surface area contributed by atoms with E-state index in [4.69, 9.17) is 0 Å². The molecule has 0 aliphatic carbocycles. The number of allylic oxidation sites excluding steroid dienone is 2. The summed E-state index contributed by atoms with van der Waals surface area (Å²) in [5, 5.41) is 9.90. The second-order valence-electron chi connectivity index (χ2n) is 1.39. The van der Waals surface area contributed by atoms with Gasteiger partial charge in [0.05, 0.1) is 0 Å². The van der Waals surface area contributed by atoms with Crippen molar-refractivity contribution in [1.82, 2.24) is 0 Å². The quantitative estimate of drug-likeness (QED) is 0.466. The molecule has 7 heavy (non-hydrogen) atoms. The van der Waals surface area contributed by atoms with E-state index in [-0.39, 0.29) is 6.61 Å². The van der Waals surface area contributed by atoms with Crippen LogP contribution in [0.2, 0.25) is 0 Å². The van der Waals surface area contributed by atoms with E-state index >= 15 is 0 Å². The second kappa shape index (κ2) is 3.62. The van der Waals surface area contributed by atoms with E-state index in [1.807, 2.05) is 0 Å². The molecule has 0 fully saturated rings. The van der Waals surface area contributed by atoms with Crippen LogP contribution in [0.4, 0.5) is 0 Å². The van der Waals surface area contributed by atoms with E-state index in [1.165, 1.54) is 0 Å². The van der Waals surface area contributed by atoms with Crippen LogP contribution in [0.1, 0.15) is 6.92 Å². The Labute approximate surface area is 44.0 Å². The van der Waals surface area contributed by atoms with Gasteiger partial charge in [0.15, 0.2) is 0 Å². The summed E-state index contributed by atoms with van der Waals surface area (Å²) in [4.78, 5) is 0. The van der Waals surface area contributed by atoms with Crippen LogP contribution in [0, 0.1) is 0 Å². The normalized spacial score (nSPS) is 11.4. The zero-order valence-electron chi connectivity index (χ0n) is 4.48. The maximum absolute atomic E-state index is 9.90. The molecular formula is C6H9O. The van der Waals surface area contributed by atoms with Crippen molar-refractivity contribution in [3.05, 3.63) is 24.3 Å². The average molecular weight is 97.1 g/mol. The van der Waals surface area contributed by atoms with Gasteiger partial charge in [-0.25, -0.2) is 5.11 Å². The Morgan fingerprint density at radius 1 is 1.86 bits per heavy atom. The van der Waals surface area contributed by atoms with E-state index < -0.39 is 0 Å². The van der Waals surface area contributed by atoms with Crippen LogP contribution in [-0.4, -0.2) is 6.61 Å². The Morgan fingerprint density at radius 3 is 2.57 bits per heavy atom. The molecule has 0 atom stereocenters. The van der Waals surface area contributed by atoms with Gasteiger partial charge in [0, 0.05) is 0 Å². The van der Waals surface area contributed by atoms with Gasteiger partial charge in [-0.2, -0.15) is 0 Å². The molecule has 0 saturated carbocycles. The third-order valence-electron chi connectivity index (χ3n) is 0.630. The smallest absolute Gasteiger partial charge is 0.103 e. The fourth-order valence-corrected chi connectivity index (χ4v) is 0.249. The Hall–Kier alpha value is -0.560. The minimum absolute atomic E-state index is 0.119. The van der Waals surface area contributed by atoms with Crippen LogP contribution in [-0.2, 0) is 5.11 Å². The summed E-state index contributed by atoms with van der Waals surface area (Å²) >= 11 is 0. The van der Waals surface area contributed by atoms with Gasteiger partial charge >= 0.3 is 0 Å². The Balaban J connectivity index is 3.49. The van der Waals surface area contributed by atoms with Crippen molar-refractivity contribution < 1.29 is 5.11 Å². The molecule has 0 saturated heterocycles. The first-order valence-electron chi connectivity index (χ1n) is 2.17. The number of hydrogen-bond donors (Lipinski definition) is 0. The van der Waals surface area contributed by atoms with Crippen LogP contribution >= 0.6 is 0 Å². The van der Waals surface area contributed by atoms with Gasteiger partial charge < -0.3 is 0 Å². The van der Waals surface area contributed by atoms with Crippen molar-refractivity contribution in [3.8, 4) is 0 Å². The summed E-state index contributed by atoms with van der Waals surface area (Å²) in [7, 11) is 0. The molecule has 0 heterocycles. The molecular weight excluding hydrogens is 88.1 g/mol.